The van der Waals surface area contributed by atoms with E-state index in [4.69, 9.17) is 16.3 Å². The van der Waals surface area contributed by atoms with Crippen molar-refractivity contribution in [3.05, 3.63) is 64.4 Å². The first-order valence-electron chi connectivity index (χ1n) is 6.89. The Balaban J connectivity index is 2.06. The van der Waals surface area contributed by atoms with E-state index in [9.17, 15) is 4.39 Å². The van der Waals surface area contributed by atoms with Gasteiger partial charge in [-0.05, 0) is 43.7 Å². The van der Waals surface area contributed by atoms with Gasteiger partial charge in [-0.25, -0.2) is 4.39 Å². The van der Waals surface area contributed by atoms with Crippen molar-refractivity contribution in [3.63, 3.8) is 0 Å². The fourth-order valence-electron chi connectivity index (χ4n) is 2.35. The standard InChI is InChI=1S/C17H19ClFNO/c1-20-16(14-4-3-5-15(18)17(14)19)11-8-12-6-9-13(21-2)10-7-12/h3-7,9-10,16,20H,8,11H2,1-2H3. The molecular weight excluding hydrogens is 289 g/mol. The van der Waals surface area contributed by atoms with Crippen molar-refractivity contribution >= 4 is 11.6 Å². The number of ether oxygens (including phenoxy) is 1. The molecule has 0 heterocycles. The molecule has 2 nitrogen and oxygen atoms in total. The Labute approximate surface area is 129 Å². The second-order valence-electron chi connectivity index (χ2n) is 4.87. The molecular formula is C17H19ClFNO. The maximum Gasteiger partial charge on any atom is 0.146 e. The third-order valence-corrected chi connectivity index (χ3v) is 3.88. The first-order chi connectivity index (χ1) is 10.2. The SMILES string of the molecule is CNC(CCc1ccc(OC)cc1)c1cccc(Cl)c1F. The molecule has 0 aliphatic carbocycles. The normalized spacial score (nSPS) is 12.2. The van der Waals surface area contributed by atoms with Gasteiger partial charge in [0.1, 0.15) is 11.6 Å². The van der Waals surface area contributed by atoms with Gasteiger partial charge in [-0.15, -0.1) is 0 Å². The van der Waals surface area contributed by atoms with Crippen LogP contribution in [0.4, 0.5) is 4.39 Å². The van der Waals surface area contributed by atoms with Crippen LogP contribution in [0, 0.1) is 5.82 Å². The zero-order chi connectivity index (χ0) is 15.2. The molecule has 0 fully saturated rings. The minimum absolute atomic E-state index is 0.0641. The van der Waals surface area contributed by atoms with Crippen molar-refractivity contribution in [1.82, 2.24) is 5.32 Å². The van der Waals surface area contributed by atoms with Crippen LogP contribution in [0.5, 0.6) is 5.75 Å². The smallest absolute Gasteiger partial charge is 0.146 e. The number of hydrogen-bond acceptors (Lipinski definition) is 2. The molecule has 0 aliphatic rings. The van der Waals surface area contributed by atoms with Crippen LogP contribution < -0.4 is 10.1 Å². The quantitative estimate of drug-likeness (QED) is 0.855. The lowest BCUT2D eigenvalue weighted by Crippen LogP contribution is -2.18. The van der Waals surface area contributed by atoms with E-state index in [1.165, 1.54) is 5.56 Å². The minimum Gasteiger partial charge on any atom is -0.497 e. The summed E-state index contributed by atoms with van der Waals surface area (Å²) in [6.07, 6.45) is 1.64. The van der Waals surface area contributed by atoms with Gasteiger partial charge in [0, 0.05) is 11.6 Å². The third kappa shape index (κ3) is 3.96. The molecule has 0 aliphatic heterocycles. The van der Waals surface area contributed by atoms with Crippen molar-refractivity contribution in [1.29, 1.82) is 0 Å². The maximum atomic E-state index is 14.1. The van der Waals surface area contributed by atoms with Crippen LogP contribution in [-0.2, 0) is 6.42 Å². The van der Waals surface area contributed by atoms with E-state index in [0.29, 0.717) is 5.56 Å². The first kappa shape index (κ1) is 15.8. The summed E-state index contributed by atoms with van der Waals surface area (Å²) in [7, 11) is 3.48. The zero-order valence-electron chi connectivity index (χ0n) is 12.2. The van der Waals surface area contributed by atoms with Gasteiger partial charge in [0.15, 0.2) is 0 Å². The molecule has 2 aromatic carbocycles. The molecule has 4 heteroatoms. The Hall–Kier alpha value is -1.58. The monoisotopic (exact) mass is 307 g/mol. The van der Waals surface area contributed by atoms with Crippen LogP contribution >= 0.6 is 11.6 Å². The molecule has 1 atom stereocenters. The highest BCUT2D eigenvalue weighted by atomic mass is 35.5. The molecule has 0 bridgehead atoms. The van der Waals surface area contributed by atoms with Gasteiger partial charge < -0.3 is 10.1 Å². The summed E-state index contributed by atoms with van der Waals surface area (Å²) < 4.78 is 19.2. The Bertz CT molecular complexity index is 586. The molecule has 0 radical (unpaired) electrons. The molecule has 0 aromatic heterocycles. The Kier molecular flexibility index (Phi) is 5.59. The van der Waals surface area contributed by atoms with Gasteiger partial charge >= 0.3 is 0 Å². The highest BCUT2D eigenvalue weighted by molar-refractivity contribution is 6.30. The number of aryl methyl sites for hydroxylation is 1. The number of hydrogen-bond donors (Lipinski definition) is 1. The molecule has 0 spiro atoms. The fraction of sp³-hybridized carbons (Fsp3) is 0.294. The van der Waals surface area contributed by atoms with E-state index in [1.807, 2.05) is 31.3 Å². The largest absolute Gasteiger partial charge is 0.497 e. The predicted molar refractivity (Wildman–Crippen MR) is 84.5 cm³/mol. The molecule has 0 amide bonds. The van der Waals surface area contributed by atoms with Crippen molar-refractivity contribution in [3.8, 4) is 5.75 Å². The van der Waals surface area contributed by atoms with Gasteiger partial charge in [-0.3, -0.25) is 0 Å². The molecule has 0 saturated carbocycles. The van der Waals surface area contributed by atoms with E-state index in [1.54, 1.807) is 25.3 Å². The number of halogens is 2. The number of benzene rings is 2. The summed E-state index contributed by atoms with van der Waals surface area (Å²) in [5.74, 6) is 0.498. The van der Waals surface area contributed by atoms with Crippen molar-refractivity contribution in [2.24, 2.45) is 0 Å². The highest BCUT2D eigenvalue weighted by Crippen LogP contribution is 2.26. The molecule has 2 aromatic rings. The number of rotatable bonds is 6. The molecule has 1 N–H and O–H groups in total. The lowest BCUT2D eigenvalue weighted by atomic mass is 9.98. The maximum absolute atomic E-state index is 14.1. The lowest BCUT2D eigenvalue weighted by molar-refractivity contribution is 0.414. The van der Waals surface area contributed by atoms with Gasteiger partial charge in [-0.1, -0.05) is 35.9 Å². The zero-order valence-corrected chi connectivity index (χ0v) is 13.0. The van der Waals surface area contributed by atoms with Crippen LogP contribution in [0.15, 0.2) is 42.5 Å². The van der Waals surface area contributed by atoms with Gasteiger partial charge in [-0.2, -0.15) is 0 Å². The third-order valence-electron chi connectivity index (χ3n) is 3.59. The van der Waals surface area contributed by atoms with E-state index in [-0.39, 0.29) is 16.9 Å². The van der Waals surface area contributed by atoms with Gasteiger partial charge in [0.05, 0.1) is 12.1 Å². The Morgan fingerprint density at radius 3 is 2.52 bits per heavy atom. The second kappa shape index (κ2) is 7.43. The number of nitrogens with one attached hydrogen (secondary N) is 1. The van der Waals surface area contributed by atoms with E-state index in [0.717, 1.165) is 18.6 Å². The summed E-state index contributed by atoms with van der Waals surface area (Å²) in [6, 6.07) is 13.0. The molecule has 112 valence electrons. The Morgan fingerprint density at radius 2 is 1.90 bits per heavy atom. The topological polar surface area (TPSA) is 21.3 Å². The minimum atomic E-state index is -0.340. The van der Waals surface area contributed by atoms with Crippen LogP contribution in [0.3, 0.4) is 0 Å². The van der Waals surface area contributed by atoms with E-state index >= 15 is 0 Å². The van der Waals surface area contributed by atoms with Gasteiger partial charge in [0.25, 0.3) is 0 Å². The average Bonchev–Trinajstić information content (AvgIpc) is 2.52. The van der Waals surface area contributed by atoms with Crippen LogP contribution in [0.2, 0.25) is 5.02 Å². The first-order valence-corrected chi connectivity index (χ1v) is 7.27. The second-order valence-corrected chi connectivity index (χ2v) is 5.28. The van der Waals surface area contributed by atoms with Crippen molar-refractivity contribution in [2.45, 2.75) is 18.9 Å². The molecule has 21 heavy (non-hydrogen) atoms. The fourth-order valence-corrected chi connectivity index (χ4v) is 2.53. The summed E-state index contributed by atoms with van der Waals surface area (Å²) in [6.45, 7) is 0. The molecule has 1 unspecified atom stereocenters. The van der Waals surface area contributed by atoms with E-state index < -0.39 is 0 Å². The summed E-state index contributed by atoms with van der Waals surface area (Å²) in [5, 5.41) is 3.32. The average molecular weight is 308 g/mol. The molecule has 0 saturated heterocycles. The summed E-state index contributed by atoms with van der Waals surface area (Å²) in [5.41, 5.74) is 1.80. The van der Waals surface area contributed by atoms with Crippen LogP contribution in [0.25, 0.3) is 0 Å². The lowest BCUT2D eigenvalue weighted by Gasteiger charge is -2.18. The van der Waals surface area contributed by atoms with Crippen LogP contribution in [-0.4, -0.2) is 14.2 Å². The molecule has 2 rings (SSSR count). The van der Waals surface area contributed by atoms with Crippen molar-refractivity contribution in [2.75, 3.05) is 14.2 Å². The van der Waals surface area contributed by atoms with Gasteiger partial charge in [0.2, 0.25) is 0 Å². The number of methoxy groups -OCH3 is 1. The van der Waals surface area contributed by atoms with Crippen molar-refractivity contribution < 1.29 is 9.13 Å². The summed E-state index contributed by atoms with van der Waals surface area (Å²) >= 11 is 5.85. The highest BCUT2D eigenvalue weighted by Gasteiger charge is 2.15. The van der Waals surface area contributed by atoms with Crippen LogP contribution in [0.1, 0.15) is 23.6 Å². The Morgan fingerprint density at radius 1 is 1.19 bits per heavy atom. The summed E-state index contributed by atoms with van der Waals surface area (Å²) in [4.78, 5) is 0. The predicted octanol–water partition coefficient (Wildman–Crippen LogP) is 4.38. The van der Waals surface area contributed by atoms with E-state index in [2.05, 4.69) is 5.32 Å².